The topological polar surface area (TPSA) is 82.6 Å². The first-order valence-electron chi connectivity index (χ1n) is 8.80. The number of nitrogens with zero attached hydrogens (tertiary/aromatic N) is 2. The van der Waals surface area contributed by atoms with Crippen molar-refractivity contribution in [3.8, 4) is 11.8 Å². The molecule has 0 saturated carbocycles. The van der Waals surface area contributed by atoms with Gasteiger partial charge in [0.05, 0.1) is 12.2 Å². The standard InChI is InChI=1S/C19H23N3O4S/c1-24-8-9-25-19-15(3-2-7-20-19)12-22-18(23)14-4-5-17(21-11-14)26-16-6-10-27-13-16/h2-5,7,11,16H,6,8-10,12-13H2,1H3,(H,22,23)/t16-/m0/s1. The van der Waals surface area contributed by atoms with Gasteiger partial charge in [0.1, 0.15) is 12.7 Å². The predicted molar refractivity (Wildman–Crippen MR) is 103 cm³/mol. The molecule has 3 heterocycles. The highest BCUT2D eigenvalue weighted by Crippen LogP contribution is 2.22. The lowest BCUT2D eigenvalue weighted by Crippen LogP contribution is -2.23. The Balaban J connectivity index is 1.53. The number of carbonyl (C=O) groups excluding carboxylic acids is 1. The average Bonchev–Trinajstić information content (AvgIpc) is 3.21. The summed E-state index contributed by atoms with van der Waals surface area (Å²) in [6.45, 7) is 1.19. The maximum Gasteiger partial charge on any atom is 0.253 e. The normalized spacial score (nSPS) is 16.1. The van der Waals surface area contributed by atoms with E-state index in [9.17, 15) is 4.79 Å². The summed E-state index contributed by atoms with van der Waals surface area (Å²) in [4.78, 5) is 20.8. The van der Waals surface area contributed by atoms with Crippen LogP contribution in [0.15, 0.2) is 36.7 Å². The number of ether oxygens (including phenoxy) is 3. The fraction of sp³-hybridized carbons (Fsp3) is 0.421. The lowest BCUT2D eigenvalue weighted by molar-refractivity contribution is 0.0949. The van der Waals surface area contributed by atoms with Crippen LogP contribution in [-0.2, 0) is 11.3 Å². The van der Waals surface area contributed by atoms with Crippen molar-refractivity contribution in [3.63, 3.8) is 0 Å². The number of carbonyl (C=O) groups is 1. The van der Waals surface area contributed by atoms with E-state index in [1.807, 2.05) is 17.8 Å². The van der Waals surface area contributed by atoms with Crippen molar-refractivity contribution in [2.75, 3.05) is 31.8 Å². The summed E-state index contributed by atoms with van der Waals surface area (Å²) in [5.74, 6) is 2.95. The first-order valence-corrected chi connectivity index (χ1v) is 9.96. The number of hydrogen-bond acceptors (Lipinski definition) is 7. The number of thioether (sulfide) groups is 1. The SMILES string of the molecule is COCCOc1ncccc1CNC(=O)c1ccc(O[C@H]2CCSC2)nc1. The molecule has 1 fully saturated rings. The maximum absolute atomic E-state index is 12.4. The van der Waals surface area contributed by atoms with Gasteiger partial charge in [-0.15, -0.1) is 0 Å². The number of aromatic nitrogens is 2. The molecule has 0 radical (unpaired) electrons. The molecule has 0 bridgehead atoms. The maximum atomic E-state index is 12.4. The first kappa shape index (κ1) is 19.4. The molecule has 0 aliphatic carbocycles. The third-order valence-electron chi connectivity index (χ3n) is 3.99. The molecule has 1 N–H and O–H groups in total. The van der Waals surface area contributed by atoms with Crippen LogP contribution < -0.4 is 14.8 Å². The van der Waals surface area contributed by atoms with E-state index < -0.39 is 0 Å². The van der Waals surface area contributed by atoms with Gasteiger partial charge in [-0.05, 0) is 24.3 Å². The molecule has 0 spiro atoms. The summed E-state index contributed by atoms with van der Waals surface area (Å²) in [5, 5.41) is 2.86. The van der Waals surface area contributed by atoms with Crippen molar-refractivity contribution in [3.05, 3.63) is 47.8 Å². The molecule has 1 aliphatic rings. The summed E-state index contributed by atoms with van der Waals surface area (Å²) >= 11 is 1.88. The first-order chi connectivity index (χ1) is 13.3. The quantitative estimate of drug-likeness (QED) is 0.659. The van der Waals surface area contributed by atoms with Crippen LogP contribution in [0, 0.1) is 0 Å². The van der Waals surface area contributed by atoms with E-state index in [0.29, 0.717) is 37.1 Å². The highest BCUT2D eigenvalue weighted by Gasteiger charge is 2.17. The van der Waals surface area contributed by atoms with Crippen molar-refractivity contribution in [2.24, 2.45) is 0 Å². The van der Waals surface area contributed by atoms with Crippen LogP contribution in [0.1, 0.15) is 22.3 Å². The van der Waals surface area contributed by atoms with Gasteiger partial charge in [0.25, 0.3) is 5.91 Å². The molecule has 3 rings (SSSR count). The van der Waals surface area contributed by atoms with Gasteiger partial charge in [0.2, 0.25) is 11.8 Å². The molecule has 0 aromatic carbocycles. The predicted octanol–water partition coefficient (Wildman–Crippen LogP) is 2.32. The minimum absolute atomic E-state index is 0.211. The number of nitrogens with one attached hydrogen (secondary N) is 1. The van der Waals surface area contributed by atoms with Crippen LogP contribution in [-0.4, -0.2) is 53.8 Å². The minimum Gasteiger partial charge on any atom is -0.475 e. The highest BCUT2D eigenvalue weighted by molar-refractivity contribution is 7.99. The highest BCUT2D eigenvalue weighted by atomic mass is 32.2. The Bertz CT molecular complexity index is 736. The second kappa shape index (κ2) is 10.1. The smallest absolute Gasteiger partial charge is 0.253 e. The lowest BCUT2D eigenvalue weighted by atomic mass is 10.2. The molecular formula is C19H23N3O4S. The van der Waals surface area contributed by atoms with E-state index in [1.165, 1.54) is 6.20 Å². The molecule has 27 heavy (non-hydrogen) atoms. The molecule has 1 amide bonds. The molecule has 2 aromatic heterocycles. The number of hydrogen-bond donors (Lipinski definition) is 1. The van der Waals surface area contributed by atoms with Crippen molar-refractivity contribution in [1.82, 2.24) is 15.3 Å². The van der Waals surface area contributed by atoms with Crippen LogP contribution in [0.3, 0.4) is 0 Å². The van der Waals surface area contributed by atoms with Gasteiger partial charge in [-0.2, -0.15) is 11.8 Å². The van der Waals surface area contributed by atoms with Gasteiger partial charge in [-0.1, -0.05) is 6.07 Å². The number of methoxy groups -OCH3 is 1. The van der Waals surface area contributed by atoms with Crippen LogP contribution in [0.5, 0.6) is 11.8 Å². The van der Waals surface area contributed by atoms with E-state index in [4.69, 9.17) is 14.2 Å². The van der Waals surface area contributed by atoms with E-state index in [1.54, 1.807) is 31.5 Å². The Morgan fingerprint density at radius 2 is 2.22 bits per heavy atom. The Morgan fingerprint density at radius 3 is 2.96 bits per heavy atom. The zero-order valence-electron chi connectivity index (χ0n) is 15.2. The third-order valence-corrected chi connectivity index (χ3v) is 5.12. The van der Waals surface area contributed by atoms with Crippen molar-refractivity contribution in [1.29, 1.82) is 0 Å². The van der Waals surface area contributed by atoms with Crippen molar-refractivity contribution >= 4 is 17.7 Å². The Morgan fingerprint density at radius 1 is 1.30 bits per heavy atom. The number of pyridine rings is 2. The average molecular weight is 389 g/mol. The van der Waals surface area contributed by atoms with Gasteiger partial charge in [-0.3, -0.25) is 4.79 Å². The monoisotopic (exact) mass is 389 g/mol. The fourth-order valence-corrected chi connectivity index (χ4v) is 3.64. The molecule has 7 nitrogen and oxygen atoms in total. The van der Waals surface area contributed by atoms with Crippen LogP contribution in [0.2, 0.25) is 0 Å². The summed E-state index contributed by atoms with van der Waals surface area (Å²) in [6.07, 6.45) is 4.43. The summed E-state index contributed by atoms with van der Waals surface area (Å²) in [7, 11) is 1.61. The van der Waals surface area contributed by atoms with Gasteiger partial charge >= 0.3 is 0 Å². The fourth-order valence-electron chi connectivity index (χ4n) is 2.55. The van der Waals surface area contributed by atoms with E-state index in [0.717, 1.165) is 23.5 Å². The third kappa shape index (κ3) is 5.83. The molecule has 1 atom stereocenters. The van der Waals surface area contributed by atoms with Gasteiger partial charge in [0.15, 0.2) is 0 Å². The molecule has 144 valence electrons. The van der Waals surface area contributed by atoms with Gasteiger partial charge in [0, 0.05) is 43.4 Å². The number of rotatable bonds is 9. The van der Waals surface area contributed by atoms with Crippen LogP contribution in [0.25, 0.3) is 0 Å². The molecule has 0 unspecified atom stereocenters. The van der Waals surface area contributed by atoms with Crippen molar-refractivity contribution in [2.45, 2.75) is 19.1 Å². The second-order valence-electron chi connectivity index (χ2n) is 5.98. The largest absolute Gasteiger partial charge is 0.475 e. The van der Waals surface area contributed by atoms with E-state index >= 15 is 0 Å². The van der Waals surface area contributed by atoms with E-state index in [2.05, 4.69) is 15.3 Å². The molecule has 8 heteroatoms. The Kier molecular flexibility index (Phi) is 7.29. The summed E-state index contributed by atoms with van der Waals surface area (Å²) < 4.78 is 16.3. The molecule has 1 aliphatic heterocycles. The second-order valence-corrected chi connectivity index (χ2v) is 7.13. The van der Waals surface area contributed by atoms with Crippen LogP contribution >= 0.6 is 11.8 Å². The Hall–Kier alpha value is -2.32. The number of amides is 1. The molecular weight excluding hydrogens is 366 g/mol. The minimum atomic E-state index is -0.211. The van der Waals surface area contributed by atoms with Gasteiger partial charge < -0.3 is 19.5 Å². The zero-order chi connectivity index (χ0) is 18.9. The lowest BCUT2D eigenvalue weighted by Gasteiger charge is -2.12. The van der Waals surface area contributed by atoms with E-state index in [-0.39, 0.29) is 12.0 Å². The molecule has 2 aromatic rings. The van der Waals surface area contributed by atoms with Gasteiger partial charge in [-0.25, -0.2) is 9.97 Å². The van der Waals surface area contributed by atoms with Crippen LogP contribution in [0.4, 0.5) is 0 Å². The van der Waals surface area contributed by atoms with Crippen molar-refractivity contribution < 1.29 is 19.0 Å². The summed E-state index contributed by atoms with van der Waals surface area (Å²) in [6, 6.07) is 7.13. The summed E-state index contributed by atoms with van der Waals surface area (Å²) in [5.41, 5.74) is 1.28. The molecule has 1 saturated heterocycles. The Labute approximate surface area is 162 Å². The zero-order valence-corrected chi connectivity index (χ0v) is 16.0.